The summed E-state index contributed by atoms with van der Waals surface area (Å²) in [6.07, 6.45) is 0.0213. The van der Waals surface area contributed by atoms with Crippen LogP contribution in [-0.4, -0.2) is 53.6 Å². The highest BCUT2D eigenvalue weighted by Crippen LogP contribution is 2.49. The van der Waals surface area contributed by atoms with Gasteiger partial charge in [-0.25, -0.2) is 9.50 Å². The monoisotopic (exact) mass is 444 g/mol. The molecule has 168 valence electrons. The average molecular weight is 445 g/mol. The van der Waals surface area contributed by atoms with E-state index in [9.17, 15) is 5.26 Å². The number of nitriles is 1. The zero-order valence-electron chi connectivity index (χ0n) is 19.6. The third-order valence-electron chi connectivity index (χ3n) is 6.84. The Labute approximate surface area is 184 Å². The Morgan fingerprint density at radius 3 is 2.58 bits per heavy atom. The van der Waals surface area contributed by atoms with Crippen molar-refractivity contribution in [2.24, 2.45) is 0 Å². The van der Waals surface area contributed by atoms with Crippen LogP contribution in [-0.2, 0) is 24.2 Å². The first kappa shape index (κ1) is 22.4. The van der Waals surface area contributed by atoms with Gasteiger partial charge in [0.15, 0.2) is 14.1 Å². The molecule has 2 aliphatic rings. The van der Waals surface area contributed by atoms with Gasteiger partial charge in [-0.1, -0.05) is 20.8 Å². The van der Waals surface area contributed by atoms with Gasteiger partial charge >= 0.3 is 0 Å². The maximum absolute atomic E-state index is 10.4. The van der Waals surface area contributed by atoms with E-state index >= 15 is 0 Å². The molecule has 0 N–H and O–H groups in total. The number of ether oxygens (including phenoxy) is 3. The van der Waals surface area contributed by atoms with Crippen LogP contribution in [0.4, 0.5) is 0 Å². The summed E-state index contributed by atoms with van der Waals surface area (Å²) in [5.41, 5.74) is 0.895. The Kier molecular flexibility index (Phi) is 5.11. The lowest BCUT2D eigenvalue weighted by Gasteiger charge is -2.37. The molecule has 2 saturated heterocycles. The van der Waals surface area contributed by atoms with Crippen LogP contribution < -0.4 is 0 Å². The highest BCUT2D eigenvalue weighted by Gasteiger charge is 2.65. The molecule has 0 unspecified atom stereocenters. The van der Waals surface area contributed by atoms with Crippen molar-refractivity contribution in [2.75, 3.05) is 6.61 Å². The lowest BCUT2D eigenvalue weighted by molar-refractivity contribution is -0.204. The molecule has 2 aromatic heterocycles. The van der Waals surface area contributed by atoms with Gasteiger partial charge in [0.1, 0.15) is 30.7 Å². The molecule has 9 heteroatoms. The number of aryl methyl sites for hydroxylation is 1. The van der Waals surface area contributed by atoms with E-state index in [2.05, 4.69) is 50.0 Å². The highest BCUT2D eigenvalue weighted by molar-refractivity contribution is 6.74. The minimum absolute atomic E-state index is 0.0653. The van der Waals surface area contributed by atoms with E-state index in [0.29, 0.717) is 12.3 Å². The molecule has 2 fully saturated rings. The molecule has 0 radical (unpaired) electrons. The maximum Gasteiger partial charge on any atom is 0.226 e. The molecule has 4 atom stereocenters. The molecule has 0 aromatic carbocycles. The minimum Gasteiger partial charge on any atom is -0.414 e. The molecule has 2 aromatic rings. The zero-order chi connectivity index (χ0) is 22.8. The van der Waals surface area contributed by atoms with Crippen molar-refractivity contribution in [1.82, 2.24) is 14.6 Å². The number of hydrogen-bond donors (Lipinski definition) is 0. The predicted octanol–water partition coefficient (Wildman–Crippen LogP) is 3.70. The Bertz CT molecular complexity index is 1040. The van der Waals surface area contributed by atoms with Crippen molar-refractivity contribution < 1.29 is 18.6 Å². The smallest absolute Gasteiger partial charge is 0.226 e. The molecule has 2 aliphatic heterocycles. The SMILES string of the molecule is Cc1ncnn2c([C@]3(C#N)O[C@H](CO[Si](C)(C)C(C)(C)C)[C@H]4OC(C)(C)O[C@H]43)ccc12. The van der Waals surface area contributed by atoms with Gasteiger partial charge in [0, 0.05) is 0 Å². The van der Waals surface area contributed by atoms with Crippen LogP contribution in [0.15, 0.2) is 18.5 Å². The summed E-state index contributed by atoms with van der Waals surface area (Å²) in [5, 5.41) is 14.9. The van der Waals surface area contributed by atoms with Crippen molar-refractivity contribution in [3.05, 3.63) is 29.8 Å². The van der Waals surface area contributed by atoms with Crippen LogP contribution in [0.5, 0.6) is 0 Å². The molecule has 0 spiro atoms. The molecule has 4 heterocycles. The van der Waals surface area contributed by atoms with E-state index in [1.54, 1.807) is 4.52 Å². The third-order valence-corrected chi connectivity index (χ3v) is 11.3. The van der Waals surface area contributed by atoms with Crippen molar-refractivity contribution in [3.63, 3.8) is 0 Å². The summed E-state index contributed by atoms with van der Waals surface area (Å²) in [4.78, 5) is 4.25. The van der Waals surface area contributed by atoms with E-state index in [1.807, 2.05) is 32.9 Å². The summed E-state index contributed by atoms with van der Waals surface area (Å²) in [7, 11) is -2.01. The van der Waals surface area contributed by atoms with Crippen molar-refractivity contribution in [1.29, 1.82) is 5.26 Å². The summed E-state index contributed by atoms with van der Waals surface area (Å²) in [6, 6.07) is 6.17. The molecular formula is C22H32N4O4Si. The van der Waals surface area contributed by atoms with Crippen LogP contribution in [0.1, 0.15) is 46.0 Å². The second-order valence-electron chi connectivity index (χ2n) is 10.5. The van der Waals surface area contributed by atoms with Gasteiger partial charge in [0.25, 0.3) is 0 Å². The number of rotatable bonds is 4. The van der Waals surface area contributed by atoms with E-state index in [-0.39, 0.29) is 5.04 Å². The first-order valence-corrected chi connectivity index (χ1v) is 13.6. The van der Waals surface area contributed by atoms with Crippen LogP contribution in [0.3, 0.4) is 0 Å². The fraction of sp³-hybridized carbons (Fsp3) is 0.682. The summed E-state index contributed by atoms with van der Waals surface area (Å²) in [5.74, 6) is -0.825. The quantitative estimate of drug-likeness (QED) is 0.664. The average Bonchev–Trinajstić information content (AvgIpc) is 3.30. The summed E-state index contributed by atoms with van der Waals surface area (Å²) >= 11 is 0. The number of hydrogen-bond acceptors (Lipinski definition) is 7. The van der Waals surface area contributed by atoms with E-state index < -0.39 is 38.0 Å². The Morgan fingerprint density at radius 2 is 1.94 bits per heavy atom. The topological polar surface area (TPSA) is 90.9 Å². The molecular weight excluding hydrogens is 412 g/mol. The first-order valence-electron chi connectivity index (χ1n) is 10.7. The van der Waals surface area contributed by atoms with Gasteiger partial charge in [-0.2, -0.15) is 10.4 Å². The van der Waals surface area contributed by atoms with Gasteiger partial charge in [0.05, 0.1) is 23.5 Å². The second-order valence-corrected chi connectivity index (χ2v) is 15.3. The number of fused-ring (bicyclic) bond motifs is 2. The van der Waals surface area contributed by atoms with Crippen molar-refractivity contribution in [3.8, 4) is 6.07 Å². The lowest BCUT2D eigenvalue weighted by Crippen LogP contribution is -2.44. The molecule has 0 aliphatic carbocycles. The Hall–Kier alpha value is -1.83. The van der Waals surface area contributed by atoms with Crippen molar-refractivity contribution in [2.45, 2.75) is 89.4 Å². The van der Waals surface area contributed by atoms with Gasteiger partial charge in [0.2, 0.25) is 5.60 Å². The normalized spacial score (nSPS) is 30.5. The predicted molar refractivity (Wildman–Crippen MR) is 117 cm³/mol. The zero-order valence-corrected chi connectivity index (χ0v) is 20.6. The van der Waals surface area contributed by atoms with Crippen molar-refractivity contribution >= 4 is 13.8 Å². The summed E-state index contributed by atoms with van der Waals surface area (Å²) in [6.45, 7) is 17.0. The Morgan fingerprint density at radius 1 is 1.23 bits per heavy atom. The van der Waals surface area contributed by atoms with Gasteiger partial charge in [-0.15, -0.1) is 0 Å². The van der Waals surface area contributed by atoms with Crippen LogP contribution in [0, 0.1) is 18.3 Å². The second kappa shape index (κ2) is 7.09. The van der Waals surface area contributed by atoms with Gasteiger partial charge in [-0.3, -0.25) is 0 Å². The fourth-order valence-electron chi connectivity index (χ4n) is 4.08. The third kappa shape index (κ3) is 3.51. The van der Waals surface area contributed by atoms with E-state index in [0.717, 1.165) is 11.2 Å². The molecule has 0 bridgehead atoms. The van der Waals surface area contributed by atoms with Gasteiger partial charge in [-0.05, 0) is 51.0 Å². The molecule has 8 nitrogen and oxygen atoms in total. The standard InChI is InChI=1S/C22H32N4O4Si/c1-14-15-9-10-17(26(15)25-13-24-14)22(12-23)19-18(29-21(5,6)30-19)16(28-22)11-27-31(7,8)20(2,3)4/h9-10,13,16,18-19H,11H2,1-8H3/t16-,18-,19-,22+/m1/s1. The van der Waals surface area contributed by atoms with E-state index in [1.165, 1.54) is 6.33 Å². The largest absolute Gasteiger partial charge is 0.414 e. The number of aromatic nitrogens is 3. The molecule has 0 saturated carbocycles. The maximum atomic E-state index is 10.4. The summed E-state index contributed by atoms with van der Waals surface area (Å²) < 4.78 is 27.1. The first-order chi connectivity index (χ1) is 14.3. The van der Waals surface area contributed by atoms with E-state index in [4.69, 9.17) is 18.6 Å². The van der Waals surface area contributed by atoms with Gasteiger partial charge < -0.3 is 18.6 Å². The van der Waals surface area contributed by atoms with Crippen LogP contribution >= 0.6 is 0 Å². The fourth-order valence-corrected chi connectivity index (χ4v) is 5.09. The van der Waals surface area contributed by atoms with Crippen LogP contribution in [0.25, 0.3) is 5.52 Å². The Balaban J connectivity index is 1.73. The van der Waals surface area contributed by atoms with Crippen LogP contribution in [0.2, 0.25) is 18.1 Å². The molecule has 4 rings (SSSR count). The highest BCUT2D eigenvalue weighted by atomic mass is 28.4. The number of nitrogens with zero attached hydrogens (tertiary/aromatic N) is 4. The molecule has 31 heavy (non-hydrogen) atoms. The lowest BCUT2D eigenvalue weighted by atomic mass is 9.92. The minimum atomic E-state index is -2.01. The molecule has 0 amide bonds.